The summed E-state index contributed by atoms with van der Waals surface area (Å²) in [4.78, 5) is 0. The first-order valence-electron chi connectivity index (χ1n) is 3.92. The van der Waals surface area contributed by atoms with E-state index in [1.165, 1.54) is 0 Å². The summed E-state index contributed by atoms with van der Waals surface area (Å²) in [7, 11) is 0. The fourth-order valence-electron chi connectivity index (χ4n) is 0.832. The summed E-state index contributed by atoms with van der Waals surface area (Å²) in [5, 5.41) is 0. The van der Waals surface area contributed by atoms with Crippen LogP contribution in [0.3, 0.4) is 0 Å². The van der Waals surface area contributed by atoms with E-state index in [1.54, 1.807) is 6.07 Å². The van der Waals surface area contributed by atoms with E-state index in [4.69, 9.17) is 16.2 Å². The van der Waals surface area contributed by atoms with Gasteiger partial charge in [0.15, 0.2) is 0 Å². The molecule has 0 radical (unpaired) electrons. The average molecular weight is 166 g/mol. The molecule has 0 saturated heterocycles. The van der Waals surface area contributed by atoms with Crippen molar-refractivity contribution in [3.8, 4) is 5.75 Å². The molecule has 0 saturated carbocycles. The molecule has 0 bridgehead atoms. The number of hydrogen-bond donors (Lipinski definition) is 2. The topological polar surface area (TPSA) is 61.3 Å². The Hall–Kier alpha value is -1.22. The Bertz CT molecular complexity index is 248. The molecule has 3 nitrogen and oxygen atoms in total. The van der Waals surface area contributed by atoms with Gasteiger partial charge in [0, 0.05) is 17.8 Å². The van der Waals surface area contributed by atoms with E-state index >= 15 is 0 Å². The third-order valence-electron chi connectivity index (χ3n) is 1.37. The van der Waals surface area contributed by atoms with Crippen LogP contribution in [-0.4, -0.2) is 12.6 Å². The molecule has 1 rings (SSSR count). The molecule has 0 amide bonds. The minimum Gasteiger partial charge on any atom is -0.492 e. The van der Waals surface area contributed by atoms with E-state index in [0.717, 1.165) is 5.75 Å². The van der Waals surface area contributed by atoms with Gasteiger partial charge in [0.25, 0.3) is 0 Å². The summed E-state index contributed by atoms with van der Waals surface area (Å²) in [5.41, 5.74) is 11.8. The van der Waals surface area contributed by atoms with Crippen LogP contribution in [0, 0.1) is 0 Å². The molecule has 0 aliphatic heterocycles. The zero-order valence-corrected chi connectivity index (χ0v) is 7.16. The van der Waals surface area contributed by atoms with Gasteiger partial charge in [-0.15, -0.1) is 0 Å². The highest BCUT2D eigenvalue weighted by Gasteiger charge is 1.96. The second kappa shape index (κ2) is 3.97. The molecule has 1 atom stereocenters. The van der Waals surface area contributed by atoms with Crippen LogP contribution in [-0.2, 0) is 0 Å². The zero-order chi connectivity index (χ0) is 8.97. The lowest BCUT2D eigenvalue weighted by Gasteiger charge is -2.08. The van der Waals surface area contributed by atoms with Crippen molar-refractivity contribution in [3.05, 3.63) is 24.3 Å². The van der Waals surface area contributed by atoms with Crippen LogP contribution in [0.25, 0.3) is 0 Å². The highest BCUT2D eigenvalue weighted by molar-refractivity contribution is 5.43. The number of benzene rings is 1. The zero-order valence-electron chi connectivity index (χ0n) is 7.16. The molecule has 0 aliphatic carbocycles. The minimum absolute atomic E-state index is 0.0476. The second-order valence-corrected chi connectivity index (χ2v) is 2.86. The van der Waals surface area contributed by atoms with Gasteiger partial charge < -0.3 is 16.2 Å². The average Bonchev–Trinajstić information content (AvgIpc) is 2.01. The molecule has 0 aromatic heterocycles. The van der Waals surface area contributed by atoms with Crippen molar-refractivity contribution >= 4 is 5.69 Å². The Morgan fingerprint density at radius 1 is 1.50 bits per heavy atom. The van der Waals surface area contributed by atoms with Gasteiger partial charge in [0.1, 0.15) is 12.4 Å². The van der Waals surface area contributed by atoms with Gasteiger partial charge in [0.2, 0.25) is 0 Å². The Labute approximate surface area is 72.3 Å². The number of ether oxygens (including phenoxy) is 1. The van der Waals surface area contributed by atoms with Crippen molar-refractivity contribution in [1.82, 2.24) is 0 Å². The third kappa shape index (κ3) is 2.80. The number of rotatable bonds is 3. The third-order valence-corrected chi connectivity index (χ3v) is 1.37. The van der Waals surface area contributed by atoms with Crippen LogP contribution in [0.1, 0.15) is 6.92 Å². The summed E-state index contributed by atoms with van der Waals surface area (Å²) >= 11 is 0. The van der Waals surface area contributed by atoms with Crippen molar-refractivity contribution in [2.75, 3.05) is 12.3 Å². The van der Waals surface area contributed by atoms with Gasteiger partial charge in [-0.3, -0.25) is 0 Å². The molecule has 1 unspecified atom stereocenters. The van der Waals surface area contributed by atoms with E-state index < -0.39 is 0 Å². The maximum Gasteiger partial charge on any atom is 0.121 e. The summed E-state index contributed by atoms with van der Waals surface area (Å²) in [6, 6.07) is 7.36. The highest BCUT2D eigenvalue weighted by Crippen LogP contribution is 2.14. The highest BCUT2D eigenvalue weighted by atomic mass is 16.5. The molecule has 66 valence electrons. The van der Waals surface area contributed by atoms with Gasteiger partial charge in [-0.2, -0.15) is 0 Å². The lowest BCUT2D eigenvalue weighted by Crippen LogP contribution is -2.23. The molecule has 3 heteroatoms. The minimum atomic E-state index is 0.0476. The van der Waals surface area contributed by atoms with Gasteiger partial charge in [-0.25, -0.2) is 0 Å². The van der Waals surface area contributed by atoms with E-state index in [1.807, 2.05) is 25.1 Å². The molecule has 0 fully saturated rings. The first-order valence-corrected chi connectivity index (χ1v) is 3.92. The Morgan fingerprint density at radius 2 is 2.25 bits per heavy atom. The maximum atomic E-state index is 5.55. The van der Waals surface area contributed by atoms with Crippen LogP contribution < -0.4 is 16.2 Å². The fraction of sp³-hybridized carbons (Fsp3) is 0.333. The number of hydrogen-bond acceptors (Lipinski definition) is 3. The van der Waals surface area contributed by atoms with Crippen molar-refractivity contribution in [3.63, 3.8) is 0 Å². The molecule has 0 heterocycles. The van der Waals surface area contributed by atoms with E-state index in [-0.39, 0.29) is 6.04 Å². The molecule has 1 aromatic carbocycles. The van der Waals surface area contributed by atoms with Crippen LogP contribution in [0.2, 0.25) is 0 Å². The predicted octanol–water partition coefficient (Wildman–Crippen LogP) is 0.995. The quantitative estimate of drug-likeness (QED) is 0.658. The summed E-state index contributed by atoms with van der Waals surface area (Å²) in [6.45, 7) is 2.41. The largest absolute Gasteiger partial charge is 0.492 e. The van der Waals surface area contributed by atoms with Crippen molar-refractivity contribution in [1.29, 1.82) is 0 Å². The van der Waals surface area contributed by atoms with Crippen LogP contribution in [0.5, 0.6) is 5.75 Å². The fourth-order valence-corrected chi connectivity index (χ4v) is 0.832. The van der Waals surface area contributed by atoms with E-state index in [2.05, 4.69) is 0 Å². The van der Waals surface area contributed by atoms with E-state index in [9.17, 15) is 0 Å². The Kier molecular flexibility index (Phi) is 2.94. The molecular weight excluding hydrogens is 152 g/mol. The Balaban J connectivity index is 2.52. The normalized spacial score (nSPS) is 12.5. The maximum absolute atomic E-state index is 5.55. The predicted molar refractivity (Wildman–Crippen MR) is 50.0 cm³/mol. The number of nitrogens with two attached hydrogens (primary N) is 2. The molecule has 0 spiro atoms. The first kappa shape index (κ1) is 8.87. The SMILES string of the molecule is CC(N)COc1cccc(N)c1. The lowest BCUT2D eigenvalue weighted by atomic mass is 10.3. The lowest BCUT2D eigenvalue weighted by molar-refractivity contribution is 0.296. The van der Waals surface area contributed by atoms with Crippen LogP contribution in [0.4, 0.5) is 5.69 Å². The molecule has 4 N–H and O–H groups in total. The monoisotopic (exact) mass is 166 g/mol. The van der Waals surface area contributed by atoms with Gasteiger partial charge >= 0.3 is 0 Å². The molecular formula is C9H14N2O. The van der Waals surface area contributed by atoms with E-state index in [0.29, 0.717) is 12.3 Å². The number of nitrogen functional groups attached to an aromatic ring is 1. The van der Waals surface area contributed by atoms with Crippen LogP contribution in [0.15, 0.2) is 24.3 Å². The first-order chi connectivity index (χ1) is 5.68. The van der Waals surface area contributed by atoms with Crippen molar-refractivity contribution in [2.24, 2.45) is 5.73 Å². The summed E-state index contributed by atoms with van der Waals surface area (Å²) in [5.74, 6) is 0.771. The molecule has 1 aromatic rings. The van der Waals surface area contributed by atoms with Crippen LogP contribution >= 0.6 is 0 Å². The second-order valence-electron chi connectivity index (χ2n) is 2.86. The number of anilines is 1. The standard InChI is InChI=1S/C9H14N2O/c1-7(10)6-12-9-4-2-3-8(11)5-9/h2-5,7H,6,10-11H2,1H3. The van der Waals surface area contributed by atoms with Crippen molar-refractivity contribution < 1.29 is 4.74 Å². The molecule has 0 aliphatic rings. The van der Waals surface area contributed by atoms with Crippen molar-refractivity contribution in [2.45, 2.75) is 13.0 Å². The molecule has 12 heavy (non-hydrogen) atoms. The summed E-state index contributed by atoms with van der Waals surface area (Å²) < 4.78 is 5.34. The van der Waals surface area contributed by atoms with Gasteiger partial charge in [-0.1, -0.05) is 6.07 Å². The smallest absolute Gasteiger partial charge is 0.121 e. The van der Waals surface area contributed by atoms with Gasteiger partial charge in [-0.05, 0) is 19.1 Å². The summed E-state index contributed by atoms with van der Waals surface area (Å²) in [6.07, 6.45) is 0. The Morgan fingerprint density at radius 3 is 2.83 bits per heavy atom. The van der Waals surface area contributed by atoms with Gasteiger partial charge in [0.05, 0.1) is 0 Å².